The fraction of sp³-hybridized carbons (Fsp3) is 0.435. The lowest BCUT2D eigenvalue weighted by Crippen LogP contribution is -2.48. The van der Waals surface area contributed by atoms with Crippen molar-refractivity contribution in [2.75, 3.05) is 45.6 Å². The number of methoxy groups -OCH3 is 1. The number of piperazine rings is 1. The molecule has 168 valence electrons. The Labute approximate surface area is 185 Å². The predicted molar refractivity (Wildman–Crippen MR) is 122 cm³/mol. The lowest BCUT2D eigenvalue weighted by molar-refractivity contribution is -0.130. The normalized spacial score (nSPS) is 14.9. The van der Waals surface area contributed by atoms with E-state index < -0.39 is 10.0 Å². The Morgan fingerprint density at radius 2 is 1.81 bits per heavy atom. The maximum Gasteiger partial charge on any atom is 0.227 e. The number of nitrogens with zero attached hydrogens (tertiary/aromatic N) is 2. The molecular weight excluding hydrogens is 414 g/mol. The number of nitrogens with one attached hydrogen (secondary N) is 1. The van der Waals surface area contributed by atoms with Gasteiger partial charge in [-0.05, 0) is 30.2 Å². The Hall–Kier alpha value is -2.42. The molecule has 1 saturated heterocycles. The number of rotatable bonds is 9. The first-order valence-electron chi connectivity index (χ1n) is 10.5. The molecule has 0 aliphatic carbocycles. The van der Waals surface area contributed by atoms with Gasteiger partial charge >= 0.3 is 0 Å². The van der Waals surface area contributed by atoms with Crippen LogP contribution in [0.15, 0.2) is 48.5 Å². The summed E-state index contributed by atoms with van der Waals surface area (Å²) < 4.78 is 32.4. The molecule has 8 heteroatoms. The summed E-state index contributed by atoms with van der Waals surface area (Å²) in [5, 5.41) is 3.16. The maximum atomic E-state index is 13.1. The third kappa shape index (κ3) is 6.78. The number of amides is 1. The van der Waals surface area contributed by atoms with Gasteiger partial charge in [0, 0.05) is 39.3 Å². The van der Waals surface area contributed by atoms with E-state index in [9.17, 15) is 13.2 Å². The Bertz CT molecular complexity index is 971. The monoisotopic (exact) mass is 445 g/mol. The molecule has 0 spiro atoms. The Kier molecular flexibility index (Phi) is 8.06. The molecule has 0 saturated carbocycles. The van der Waals surface area contributed by atoms with Crippen LogP contribution in [0.3, 0.4) is 0 Å². The van der Waals surface area contributed by atoms with Gasteiger partial charge in [-0.1, -0.05) is 42.0 Å². The summed E-state index contributed by atoms with van der Waals surface area (Å²) >= 11 is 0. The summed E-state index contributed by atoms with van der Waals surface area (Å²) in [5.41, 5.74) is 2.94. The van der Waals surface area contributed by atoms with Crippen molar-refractivity contribution in [3.8, 4) is 5.75 Å². The molecule has 7 nitrogen and oxygen atoms in total. The van der Waals surface area contributed by atoms with E-state index in [0.29, 0.717) is 38.5 Å². The highest BCUT2D eigenvalue weighted by molar-refractivity contribution is 7.89. The fourth-order valence-corrected chi connectivity index (χ4v) is 5.00. The molecule has 3 rings (SSSR count). The average Bonchev–Trinajstić information content (AvgIpc) is 2.79. The highest BCUT2D eigenvalue weighted by Gasteiger charge is 2.25. The molecule has 31 heavy (non-hydrogen) atoms. The molecule has 1 heterocycles. The minimum atomic E-state index is -3.42. The summed E-state index contributed by atoms with van der Waals surface area (Å²) in [6.45, 7) is 4.72. The number of carbonyl (C=O) groups is 1. The number of hydrogen-bond donors (Lipinski definition) is 1. The van der Waals surface area contributed by atoms with Gasteiger partial charge in [-0.2, -0.15) is 4.31 Å². The quantitative estimate of drug-likeness (QED) is 0.637. The lowest BCUT2D eigenvalue weighted by atomic mass is 10.1. The van der Waals surface area contributed by atoms with Gasteiger partial charge in [0.25, 0.3) is 0 Å². The SMILES string of the molecule is COc1cccc(CN(CCS(=O)(=O)N2CCNCC2)C(=O)Cc2ccc(C)cc2)c1. The van der Waals surface area contributed by atoms with Crippen molar-refractivity contribution in [3.63, 3.8) is 0 Å². The number of aryl methyl sites for hydroxylation is 1. The van der Waals surface area contributed by atoms with Crippen molar-refractivity contribution >= 4 is 15.9 Å². The van der Waals surface area contributed by atoms with Crippen LogP contribution >= 0.6 is 0 Å². The second kappa shape index (κ2) is 10.7. The lowest BCUT2D eigenvalue weighted by Gasteiger charge is -2.28. The van der Waals surface area contributed by atoms with E-state index >= 15 is 0 Å². The third-order valence-corrected chi connectivity index (χ3v) is 7.28. The van der Waals surface area contributed by atoms with Crippen LogP contribution in [-0.4, -0.2) is 69.1 Å². The molecule has 2 aromatic carbocycles. The van der Waals surface area contributed by atoms with E-state index in [0.717, 1.165) is 16.7 Å². The van der Waals surface area contributed by atoms with Crippen LogP contribution in [0.25, 0.3) is 0 Å². The summed E-state index contributed by atoms with van der Waals surface area (Å²) in [4.78, 5) is 14.8. The number of sulfonamides is 1. The van der Waals surface area contributed by atoms with Gasteiger partial charge in [0.2, 0.25) is 15.9 Å². The molecule has 0 radical (unpaired) electrons. The first-order chi connectivity index (χ1) is 14.9. The van der Waals surface area contributed by atoms with E-state index in [2.05, 4.69) is 5.32 Å². The van der Waals surface area contributed by atoms with Crippen molar-refractivity contribution in [1.82, 2.24) is 14.5 Å². The smallest absolute Gasteiger partial charge is 0.227 e. The molecule has 1 fully saturated rings. The topological polar surface area (TPSA) is 79.0 Å². The van der Waals surface area contributed by atoms with Crippen molar-refractivity contribution in [2.24, 2.45) is 0 Å². The van der Waals surface area contributed by atoms with Crippen LogP contribution in [0.5, 0.6) is 5.75 Å². The number of ether oxygens (including phenoxy) is 1. The zero-order valence-electron chi connectivity index (χ0n) is 18.2. The molecule has 0 unspecified atom stereocenters. The van der Waals surface area contributed by atoms with Gasteiger partial charge in [-0.25, -0.2) is 8.42 Å². The molecule has 1 aliphatic rings. The van der Waals surface area contributed by atoms with Crippen LogP contribution in [0.1, 0.15) is 16.7 Å². The van der Waals surface area contributed by atoms with E-state index in [4.69, 9.17) is 4.74 Å². The van der Waals surface area contributed by atoms with Gasteiger partial charge in [-0.15, -0.1) is 0 Å². The molecule has 1 aliphatic heterocycles. The van der Waals surface area contributed by atoms with Crippen LogP contribution in [0.2, 0.25) is 0 Å². The van der Waals surface area contributed by atoms with Crippen LogP contribution in [0, 0.1) is 6.92 Å². The van der Waals surface area contributed by atoms with Gasteiger partial charge in [0.15, 0.2) is 0 Å². The molecule has 0 atom stereocenters. The zero-order chi connectivity index (χ0) is 22.3. The summed E-state index contributed by atoms with van der Waals surface area (Å²) in [6.07, 6.45) is 0.234. The Morgan fingerprint density at radius 3 is 2.48 bits per heavy atom. The van der Waals surface area contributed by atoms with Crippen LogP contribution in [0.4, 0.5) is 0 Å². The highest BCUT2D eigenvalue weighted by atomic mass is 32.2. The average molecular weight is 446 g/mol. The number of carbonyl (C=O) groups excluding carboxylic acids is 1. The second-order valence-corrected chi connectivity index (χ2v) is 9.88. The van der Waals surface area contributed by atoms with Crippen molar-refractivity contribution in [3.05, 3.63) is 65.2 Å². The van der Waals surface area contributed by atoms with Gasteiger partial charge < -0.3 is 15.0 Å². The summed E-state index contributed by atoms with van der Waals surface area (Å²) in [6, 6.07) is 15.3. The van der Waals surface area contributed by atoms with Crippen LogP contribution < -0.4 is 10.1 Å². The fourth-order valence-electron chi connectivity index (χ4n) is 3.55. The summed E-state index contributed by atoms with van der Waals surface area (Å²) in [5.74, 6) is 0.524. The van der Waals surface area contributed by atoms with Gasteiger partial charge in [-0.3, -0.25) is 4.79 Å². The standard InChI is InChI=1S/C23H31N3O4S/c1-19-6-8-20(9-7-19)17-23(27)25(18-21-4-3-5-22(16-21)30-2)14-15-31(28,29)26-12-10-24-11-13-26/h3-9,16,24H,10-15,17-18H2,1-2H3. The van der Waals surface area contributed by atoms with Crippen molar-refractivity contribution in [2.45, 2.75) is 19.9 Å². The maximum absolute atomic E-state index is 13.1. The minimum Gasteiger partial charge on any atom is -0.497 e. The van der Waals surface area contributed by atoms with E-state index in [1.54, 1.807) is 12.0 Å². The molecule has 2 aromatic rings. The third-order valence-electron chi connectivity index (χ3n) is 5.42. The predicted octanol–water partition coefficient (Wildman–Crippen LogP) is 1.81. The molecule has 0 bridgehead atoms. The molecule has 1 amide bonds. The molecular formula is C23H31N3O4S. The minimum absolute atomic E-state index is 0.0867. The van der Waals surface area contributed by atoms with E-state index in [-0.39, 0.29) is 24.6 Å². The van der Waals surface area contributed by atoms with Crippen molar-refractivity contribution in [1.29, 1.82) is 0 Å². The number of benzene rings is 2. The van der Waals surface area contributed by atoms with E-state index in [1.807, 2.05) is 55.5 Å². The summed E-state index contributed by atoms with van der Waals surface area (Å²) in [7, 11) is -1.82. The Balaban J connectivity index is 1.73. The first kappa shape index (κ1) is 23.2. The van der Waals surface area contributed by atoms with Gasteiger partial charge in [0.1, 0.15) is 5.75 Å². The largest absolute Gasteiger partial charge is 0.497 e. The first-order valence-corrected chi connectivity index (χ1v) is 12.1. The van der Waals surface area contributed by atoms with E-state index in [1.165, 1.54) is 4.31 Å². The zero-order valence-corrected chi connectivity index (χ0v) is 19.0. The Morgan fingerprint density at radius 1 is 1.10 bits per heavy atom. The second-order valence-electron chi connectivity index (χ2n) is 7.79. The molecule has 0 aromatic heterocycles. The van der Waals surface area contributed by atoms with Crippen LogP contribution in [-0.2, 0) is 27.8 Å². The van der Waals surface area contributed by atoms with Gasteiger partial charge in [0.05, 0.1) is 19.3 Å². The highest BCUT2D eigenvalue weighted by Crippen LogP contribution is 2.16. The van der Waals surface area contributed by atoms with Crippen molar-refractivity contribution < 1.29 is 17.9 Å². The molecule has 1 N–H and O–H groups in total. The number of hydrogen-bond acceptors (Lipinski definition) is 5.